The van der Waals surface area contributed by atoms with Crippen LogP contribution in [-0.2, 0) is 24.0 Å². The van der Waals surface area contributed by atoms with Crippen LogP contribution in [0.4, 0.5) is 0 Å². The van der Waals surface area contributed by atoms with Crippen molar-refractivity contribution >= 4 is 29.7 Å². The zero-order valence-electron chi connectivity index (χ0n) is 20.6. The van der Waals surface area contributed by atoms with Gasteiger partial charge in [-0.3, -0.25) is 19.2 Å². The van der Waals surface area contributed by atoms with E-state index in [9.17, 15) is 29.1 Å². The average molecular weight is 503 g/mol. The van der Waals surface area contributed by atoms with Crippen molar-refractivity contribution in [3.8, 4) is 0 Å². The van der Waals surface area contributed by atoms with Crippen molar-refractivity contribution in [1.29, 1.82) is 0 Å². The Bertz CT molecular complexity index is 704. The van der Waals surface area contributed by atoms with Gasteiger partial charge in [0.25, 0.3) is 0 Å². The number of nitrogens with one attached hydrogen (secondary N) is 3. The van der Waals surface area contributed by atoms with Crippen LogP contribution in [0.3, 0.4) is 0 Å². The van der Waals surface area contributed by atoms with E-state index < -0.39 is 60.2 Å². The summed E-state index contributed by atoms with van der Waals surface area (Å²) in [6, 6.07) is -4.42. The number of rotatable bonds is 19. The fraction of sp³-hybridized carbons (Fsp3) is 0.773. The molecule has 202 valence electrons. The van der Waals surface area contributed by atoms with Gasteiger partial charge in [-0.05, 0) is 64.0 Å². The molecular formula is C22H42N6O7. The van der Waals surface area contributed by atoms with E-state index in [1.807, 2.05) is 0 Å². The lowest BCUT2D eigenvalue weighted by atomic mass is 10.0. The van der Waals surface area contributed by atoms with Crippen molar-refractivity contribution in [3.63, 3.8) is 0 Å². The zero-order chi connectivity index (χ0) is 27.0. The van der Waals surface area contributed by atoms with E-state index in [4.69, 9.17) is 22.3 Å². The first kappa shape index (κ1) is 32.2. The SMILES string of the molecule is CC(C)C(N)C(=O)NC(CCCCN)C(=O)NC(CCC(=O)O)C(=O)NC(CCCCN)C(=O)O. The highest BCUT2D eigenvalue weighted by atomic mass is 16.4. The van der Waals surface area contributed by atoms with Crippen LogP contribution >= 0.6 is 0 Å². The minimum absolute atomic E-state index is 0.128. The molecule has 11 N–H and O–H groups in total. The molecule has 4 atom stereocenters. The number of unbranched alkanes of at least 4 members (excludes halogenated alkanes) is 2. The molecule has 0 fully saturated rings. The van der Waals surface area contributed by atoms with E-state index in [-0.39, 0.29) is 25.2 Å². The Hall–Kier alpha value is -2.77. The van der Waals surface area contributed by atoms with Crippen LogP contribution in [0.5, 0.6) is 0 Å². The molecule has 0 radical (unpaired) electrons. The largest absolute Gasteiger partial charge is 0.481 e. The maximum Gasteiger partial charge on any atom is 0.326 e. The van der Waals surface area contributed by atoms with E-state index in [1.54, 1.807) is 13.8 Å². The standard InChI is InChI=1S/C22H42N6O7/c1-13(2)18(25)21(33)27-14(7-3-5-11-23)19(31)26-15(9-10-17(29)30)20(32)28-16(22(34)35)8-4-6-12-24/h13-16,18H,3-12,23-25H2,1-2H3,(H,26,31)(H,27,33)(H,28,32)(H,29,30)(H,34,35). The predicted molar refractivity (Wildman–Crippen MR) is 129 cm³/mol. The van der Waals surface area contributed by atoms with Gasteiger partial charge >= 0.3 is 11.9 Å². The van der Waals surface area contributed by atoms with Crippen molar-refractivity contribution in [2.24, 2.45) is 23.1 Å². The van der Waals surface area contributed by atoms with Gasteiger partial charge in [-0.25, -0.2) is 4.79 Å². The Kier molecular flexibility index (Phi) is 16.2. The van der Waals surface area contributed by atoms with Gasteiger partial charge in [0, 0.05) is 6.42 Å². The van der Waals surface area contributed by atoms with Crippen LogP contribution in [0.15, 0.2) is 0 Å². The van der Waals surface area contributed by atoms with Gasteiger partial charge < -0.3 is 43.4 Å². The van der Waals surface area contributed by atoms with Crippen molar-refractivity contribution in [2.75, 3.05) is 13.1 Å². The van der Waals surface area contributed by atoms with Crippen LogP contribution in [0.1, 0.15) is 65.2 Å². The average Bonchev–Trinajstić information content (AvgIpc) is 2.79. The molecular weight excluding hydrogens is 460 g/mol. The molecule has 0 heterocycles. The molecule has 0 saturated heterocycles. The first-order valence-corrected chi connectivity index (χ1v) is 12.0. The Morgan fingerprint density at radius 2 is 1.11 bits per heavy atom. The maximum absolute atomic E-state index is 13.0. The molecule has 0 aromatic heterocycles. The molecule has 35 heavy (non-hydrogen) atoms. The molecule has 3 amide bonds. The molecule has 0 aliphatic heterocycles. The minimum Gasteiger partial charge on any atom is -0.481 e. The number of aliphatic carboxylic acids is 2. The van der Waals surface area contributed by atoms with Crippen molar-refractivity contribution in [1.82, 2.24) is 16.0 Å². The lowest BCUT2D eigenvalue weighted by molar-refractivity contribution is -0.143. The summed E-state index contributed by atoms with van der Waals surface area (Å²) in [6.45, 7) is 4.27. The van der Waals surface area contributed by atoms with Gasteiger partial charge in [-0.1, -0.05) is 13.8 Å². The second kappa shape index (κ2) is 17.6. The summed E-state index contributed by atoms with van der Waals surface area (Å²) in [5, 5.41) is 25.9. The third-order valence-electron chi connectivity index (χ3n) is 5.44. The molecule has 13 heteroatoms. The van der Waals surface area contributed by atoms with Crippen molar-refractivity contribution < 1.29 is 34.2 Å². The number of carboxylic acid groups (broad SMARTS) is 2. The van der Waals surface area contributed by atoms with Crippen LogP contribution < -0.4 is 33.2 Å². The minimum atomic E-state index is -1.32. The van der Waals surface area contributed by atoms with Gasteiger partial charge in [0.05, 0.1) is 6.04 Å². The second-order valence-electron chi connectivity index (χ2n) is 8.79. The fourth-order valence-corrected chi connectivity index (χ4v) is 3.16. The highest BCUT2D eigenvalue weighted by Gasteiger charge is 2.30. The number of amides is 3. The summed E-state index contributed by atoms with van der Waals surface area (Å²) in [5.74, 6) is -4.69. The van der Waals surface area contributed by atoms with Crippen LogP contribution in [0, 0.1) is 5.92 Å². The number of carboxylic acids is 2. The topological polar surface area (TPSA) is 240 Å². The number of nitrogens with two attached hydrogens (primary N) is 3. The van der Waals surface area contributed by atoms with E-state index in [2.05, 4.69) is 16.0 Å². The zero-order valence-corrected chi connectivity index (χ0v) is 20.6. The molecule has 0 aromatic carbocycles. The third-order valence-corrected chi connectivity index (χ3v) is 5.44. The summed E-state index contributed by atoms with van der Waals surface area (Å²) in [4.78, 5) is 60.9. The molecule has 0 aliphatic rings. The Labute approximate surface area is 205 Å². The molecule has 0 aliphatic carbocycles. The first-order valence-electron chi connectivity index (χ1n) is 12.0. The normalized spacial score (nSPS) is 14.5. The Morgan fingerprint density at radius 1 is 0.686 bits per heavy atom. The maximum atomic E-state index is 13.0. The Balaban J connectivity index is 5.53. The predicted octanol–water partition coefficient (Wildman–Crippen LogP) is -1.37. The van der Waals surface area contributed by atoms with E-state index >= 15 is 0 Å². The first-order chi connectivity index (χ1) is 16.4. The fourth-order valence-electron chi connectivity index (χ4n) is 3.16. The highest BCUT2D eigenvalue weighted by molar-refractivity contribution is 5.94. The lowest BCUT2D eigenvalue weighted by Gasteiger charge is -2.25. The molecule has 13 nitrogen and oxygen atoms in total. The van der Waals surface area contributed by atoms with Gasteiger partial charge in [-0.2, -0.15) is 0 Å². The Morgan fingerprint density at radius 3 is 1.54 bits per heavy atom. The van der Waals surface area contributed by atoms with Crippen LogP contribution in [-0.4, -0.2) is 77.1 Å². The van der Waals surface area contributed by atoms with Gasteiger partial charge in [0.2, 0.25) is 17.7 Å². The summed E-state index contributed by atoms with van der Waals surface area (Å²) in [5.41, 5.74) is 16.8. The van der Waals surface area contributed by atoms with E-state index in [1.165, 1.54) is 0 Å². The second-order valence-corrected chi connectivity index (χ2v) is 8.79. The highest BCUT2D eigenvalue weighted by Crippen LogP contribution is 2.08. The van der Waals surface area contributed by atoms with E-state index in [0.717, 1.165) is 0 Å². The van der Waals surface area contributed by atoms with Crippen molar-refractivity contribution in [2.45, 2.75) is 89.4 Å². The lowest BCUT2D eigenvalue weighted by Crippen LogP contribution is -2.57. The monoisotopic (exact) mass is 502 g/mol. The van der Waals surface area contributed by atoms with Gasteiger partial charge in [-0.15, -0.1) is 0 Å². The molecule has 0 rings (SSSR count). The summed E-state index contributed by atoms with van der Waals surface area (Å²) in [7, 11) is 0. The molecule has 0 aromatic rings. The van der Waals surface area contributed by atoms with Gasteiger partial charge in [0.15, 0.2) is 0 Å². The molecule has 0 saturated carbocycles. The molecule has 0 spiro atoms. The number of carbonyl (C=O) groups excluding carboxylic acids is 3. The number of hydrogen-bond acceptors (Lipinski definition) is 8. The van der Waals surface area contributed by atoms with Crippen LogP contribution in [0.25, 0.3) is 0 Å². The summed E-state index contributed by atoms with van der Waals surface area (Å²) in [6.07, 6.45) is 1.80. The number of hydrogen-bond donors (Lipinski definition) is 8. The van der Waals surface area contributed by atoms with Gasteiger partial charge in [0.1, 0.15) is 18.1 Å². The van der Waals surface area contributed by atoms with Crippen molar-refractivity contribution in [3.05, 3.63) is 0 Å². The third kappa shape index (κ3) is 13.6. The quantitative estimate of drug-likeness (QED) is 0.0963. The smallest absolute Gasteiger partial charge is 0.326 e. The molecule has 4 unspecified atom stereocenters. The van der Waals surface area contributed by atoms with Crippen LogP contribution in [0.2, 0.25) is 0 Å². The molecule has 0 bridgehead atoms. The summed E-state index contributed by atoms with van der Waals surface area (Å²) >= 11 is 0. The number of carbonyl (C=O) groups is 5. The van der Waals surface area contributed by atoms with E-state index in [0.29, 0.717) is 38.8 Å². The summed E-state index contributed by atoms with van der Waals surface area (Å²) < 4.78 is 0.